The summed E-state index contributed by atoms with van der Waals surface area (Å²) in [5, 5.41) is 0.426. The highest BCUT2D eigenvalue weighted by atomic mass is 35.5. The van der Waals surface area contributed by atoms with Crippen LogP contribution >= 0.6 is 11.6 Å². The lowest BCUT2D eigenvalue weighted by Crippen LogP contribution is -2.21. The van der Waals surface area contributed by atoms with Crippen LogP contribution in [0.2, 0.25) is 0 Å². The van der Waals surface area contributed by atoms with Gasteiger partial charge in [-0.15, -0.1) is 0 Å². The van der Waals surface area contributed by atoms with Crippen LogP contribution in [-0.2, 0) is 0 Å². The first-order valence-electron chi connectivity index (χ1n) is 6.62. The Bertz CT molecular complexity index is 666. The Morgan fingerprint density at radius 1 is 1.30 bits per heavy atom. The van der Waals surface area contributed by atoms with Gasteiger partial charge in [0.15, 0.2) is 0 Å². The number of rotatable bonds is 3. The van der Waals surface area contributed by atoms with Gasteiger partial charge in [-0.25, -0.2) is 4.98 Å². The van der Waals surface area contributed by atoms with Crippen molar-refractivity contribution in [3.63, 3.8) is 0 Å². The van der Waals surface area contributed by atoms with E-state index in [0.29, 0.717) is 11.4 Å². The highest BCUT2D eigenvalue weighted by Gasteiger charge is 2.21. The molecular weight excluding hydrogens is 276 g/mol. The Morgan fingerprint density at radius 2 is 2.05 bits per heavy atom. The number of hydrogen-bond acceptors (Lipinski definition) is 4. The minimum atomic E-state index is -0.461. The third-order valence-electron chi connectivity index (χ3n) is 3.62. The van der Waals surface area contributed by atoms with E-state index in [0.717, 1.165) is 42.6 Å². The summed E-state index contributed by atoms with van der Waals surface area (Å²) in [6, 6.07) is 7.42. The van der Waals surface area contributed by atoms with E-state index in [1.807, 2.05) is 24.3 Å². The number of nitrogens with zero attached hydrogens (tertiary/aromatic N) is 2. The maximum Gasteiger partial charge on any atom is 0.256 e. The number of hydrogen-bond donors (Lipinski definition) is 0. The topological polar surface area (TPSA) is 42.4 Å². The molecule has 1 aromatic heterocycles. The fourth-order valence-electron chi connectivity index (χ4n) is 2.58. The molecule has 0 saturated carbocycles. The minimum Gasteiger partial charge on any atom is -0.497 e. The third kappa shape index (κ3) is 2.31. The number of aromatic nitrogens is 1. The van der Waals surface area contributed by atoms with Crippen molar-refractivity contribution in [1.29, 1.82) is 0 Å². The van der Waals surface area contributed by atoms with Crippen LogP contribution in [0.15, 0.2) is 24.3 Å². The minimum absolute atomic E-state index is 0.461. The summed E-state index contributed by atoms with van der Waals surface area (Å²) in [6.45, 7) is 1.83. The second-order valence-electron chi connectivity index (χ2n) is 4.89. The summed E-state index contributed by atoms with van der Waals surface area (Å²) in [7, 11) is 1.62. The van der Waals surface area contributed by atoms with Crippen molar-refractivity contribution in [1.82, 2.24) is 4.98 Å². The van der Waals surface area contributed by atoms with E-state index in [9.17, 15) is 4.79 Å². The molecule has 0 spiro atoms. The van der Waals surface area contributed by atoms with E-state index in [1.54, 1.807) is 7.11 Å². The molecule has 0 unspecified atom stereocenters. The van der Waals surface area contributed by atoms with Crippen molar-refractivity contribution in [2.24, 2.45) is 0 Å². The lowest BCUT2D eigenvalue weighted by molar-refractivity contribution is 0.108. The standard InChI is InChI=1S/C15H15ClN2O2/c1-20-11-5-4-10-8-12(14(16)19)15(17-13(10)9-11)18-6-2-3-7-18/h4-5,8-9H,2-3,6-7H2,1H3. The molecule has 0 N–H and O–H groups in total. The van der Waals surface area contributed by atoms with Gasteiger partial charge in [-0.1, -0.05) is 0 Å². The predicted molar refractivity (Wildman–Crippen MR) is 79.9 cm³/mol. The van der Waals surface area contributed by atoms with Crippen LogP contribution in [0.3, 0.4) is 0 Å². The molecule has 0 radical (unpaired) electrons. The largest absolute Gasteiger partial charge is 0.497 e. The van der Waals surface area contributed by atoms with Gasteiger partial charge >= 0.3 is 0 Å². The monoisotopic (exact) mass is 290 g/mol. The molecular formula is C15H15ClN2O2. The molecule has 20 heavy (non-hydrogen) atoms. The lowest BCUT2D eigenvalue weighted by Gasteiger charge is -2.19. The summed E-state index contributed by atoms with van der Waals surface area (Å²) in [5.41, 5.74) is 1.29. The zero-order chi connectivity index (χ0) is 14.1. The zero-order valence-corrected chi connectivity index (χ0v) is 12.0. The van der Waals surface area contributed by atoms with E-state index in [-0.39, 0.29) is 0 Å². The molecule has 3 rings (SSSR count). The van der Waals surface area contributed by atoms with E-state index in [1.165, 1.54) is 0 Å². The Hall–Kier alpha value is -1.81. The molecule has 0 aliphatic carbocycles. The van der Waals surface area contributed by atoms with Crippen molar-refractivity contribution in [2.75, 3.05) is 25.1 Å². The maximum absolute atomic E-state index is 11.7. The number of pyridine rings is 1. The van der Waals surface area contributed by atoms with E-state index in [2.05, 4.69) is 9.88 Å². The third-order valence-corrected chi connectivity index (χ3v) is 3.83. The molecule has 0 amide bonds. The average Bonchev–Trinajstić information content (AvgIpc) is 2.99. The van der Waals surface area contributed by atoms with Gasteiger partial charge in [-0.2, -0.15) is 0 Å². The molecule has 2 aromatic rings. The molecule has 5 heteroatoms. The van der Waals surface area contributed by atoms with Crippen LogP contribution < -0.4 is 9.64 Å². The van der Waals surface area contributed by atoms with Crippen molar-refractivity contribution < 1.29 is 9.53 Å². The first kappa shape index (κ1) is 13.2. The fraction of sp³-hybridized carbons (Fsp3) is 0.333. The molecule has 1 aromatic carbocycles. The van der Waals surface area contributed by atoms with Crippen LogP contribution in [0.25, 0.3) is 10.9 Å². The average molecular weight is 291 g/mol. The van der Waals surface area contributed by atoms with Crippen molar-refractivity contribution in [3.8, 4) is 5.75 Å². The number of ether oxygens (including phenoxy) is 1. The summed E-state index contributed by atoms with van der Waals surface area (Å²) >= 11 is 5.72. The molecule has 0 bridgehead atoms. The Labute approximate surface area is 122 Å². The molecule has 1 saturated heterocycles. The number of carbonyl (C=O) groups is 1. The second kappa shape index (κ2) is 5.29. The van der Waals surface area contributed by atoms with Crippen LogP contribution in [0.5, 0.6) is 5.75 Å². The van der Waals surface area contributed by atoms with Crippen molar-refractivity contribution in [3.05, 3.63) is 29.8 Å². The Balaban J connectivity index is 2.18. The zero-order valence-electron chi connectivity index (χ0n) is 11.2. The van der Waals surface area contributed by atoms with Gasteiger partial charge in [0.1, 0.15) is 11.6 Å². The van der Waals surface area contributed by atoms with Gasteiger partial charge in [0.05, 0.1) is 18.2 Å². The van der Waals surface area contributed by atoms with Crippen LogP contribution in [0.1, 0.15) is 23.2 Å². The van der Waals surface area contributed by atoms with Crippen LogP contribution in [0.4, 0.5) is 5.82 Å². The highest BCUT2D eigenvalue weighted by Crippen LogP contribution is 2.29. The smallest absolute Gasteiger partial charge is 0.256 e. The molecule has 0 atom stereocenters. The molecule has 2 heterocycles. The normalized spacial score (nSPS) is 14.8. The summed E-state index contributed by atoms with van der Waals surface area (Å²) in [5.74, 6) is 1.44. The van der Waals surface area contributed by atoms with E-state index < -0.39 is 5.24 Å². The lowest BCUT2D eigenvalue weighted by atomic mass is 10.1. The first-order valence-corrected chi connectivity index (χ1v) is 7.00. The second-order valence-corrected chi connectivity index (χ2v) is 5.23. The number of methoxy groups -OCH3 is 1. The number of anilines is 1. The molecule has 1 aliphatic heterocycles. The van der Waals surface area contributed by atoms with E-state index >= 15 is 0 Å². The van der Waals surface area contributed by atoms with Crippen molar-refractivity contribution >= 4 is 33.6 Å². The summed E-state index contributed by atoms with van der Waals surface area (Å²) in [6.07, 6.45) is 2.24. The van der Waals surface area contributed by atoms with Crippen LogP contribution in [-0.4, -0.2) is 30.4 Å². The van der Waals surface area contributed by atoms with Gasteiger partial charge in [-0.3, -0.25) is 4.79 Å². The van der Waals surface area contributed by atoms with Gasteiger partial charge < -0.3 is 9.64 Å². The van der Waals surface area contributed by atoms with Gasteiger partial charge in [0.25, 0.3) is 5.24 Å². The van der Waals surface area contributed by atoms with Gasteiger partial charge in [0.2, 0.25) is 0 Å². The van der Waals surface area contributed by atoms with Crippen molar-refractivity contribution in [2.45, 2.75) is 12.8 Å². The molecule has 4 nitrogen and oxygen atoms in total. The number of fused-ring (bicyclic) bond motifs is 1. The quantitative estimate of drug-likeness (QED) is 0.814. The first-order chi connectivity index (χ1) is 9.69. The Morgan fingerprint density at radius 3 is 2.70 bits per heavy atom. The molecule has 104 valence electrons. The number of halogens is 1. The predicted octanol–water partition coefficient (Wildman–Crippen LogP) is 3.22. The number of carbonyl (C=O) groups excluding carboxylic acids is 1. The SMILES string of the molecule is COc1ccc2cc(C(=O)Cl)c(N3CCCC3)nc2c1. The summed E-state index contributed by atoms with van der Waals surface area (Å²) < 4.78 is 5.22. The molecule has 1 aliphatic rings. The highest BCUT2D eigenvalue weighted by molar-refractivity contribution is 6.68. The van der Waals surface area contributed by atoms with Gasteiger partial charge in [-0.05, 0) is 42.6 Å². The Kier molecular flexibility index (Phi) is 3.49. The fourth-order valence-corrected chi connectivity index (χ4v) is 2.72. The maximum atomic E-state index is 11.7. The summed E-state index contributed by atoms with van der Waals surface area (Å²) in [4.78, 5) is 18.4. The van der Waals surface area contributed by atoms with E-state index in [4.69, 9.17) is 16.3 Å². The van der Waals surface area contributed by atoms with Crippen LogP contribution in [0, 0.1) is 0 Å². The molecule has 1 fully saturated rings. The number of benzene rings is 1. The van der Waals surface area contributed by atoms with Gasteiger partial charge in [0, 0.05) is 24.5 Å².